The molecule has 3 rings (SSSR count). The van der Waals surface area contributed by atoms with E-state index in [9.17, 15) is 8.42 Å². The molecule has 0 amide bonds. The Hall–Kier alpha value is -2.51. The fourth-order valence-electron chi connectivity index (χ4n) is 2.40. The highest BCUT2D eigenvalue weighted by Crippen LogP contribution is 2.28. The summed E-state index contributed by atoms with van der Waals surface area (Å²) < 4.78 is 32.5. The lowest BCUT2D eigenvalue weighted by Gasteiger charge is -2.08. The Balaban J connectivity index is 1.87. The molecule has 2 aromatic carbocycles. The zero-order chi connectivity index (χ0) is 18.0. The summed E-state index contributed by atoms with van der Waals surface area (Å²) >= 11 is 6.00. The molecule has 0 aliphatic rings. The number of halogens is 1. The highest BCUT2D eigenvalue weighted by Gasteiger charge is 2.18. The summed E-state index contributed by atoms with van der Waals surface area (Å²) in [7, 11) is -2.35. The van der Waals surface area contributed by atoms with E-state index in [0.717, 1.165) is 16.8 Å². The van der Waals surface area contributed by atoms with Gasteiger partial charge in [-0.25, -0.2) is 8.42 Å². The van der Waals surface area contributed by atoms with Crippen LogP contribution in [0.3, 0.4) is 0 Å². The van der Waals surface area contributed by atoms with E-state index < -0.39 is 10.0 Å². The molecule has 0 aliphatic carbocycles. The van der Waals surface area contributed by atoms with Gasteiger partial charge in [-0.2, -0.15) is 5.10 Å². The third-order valence-electron chi connectivity index (χ3n) is 3.69. The van der Waals surface area contributed by atoms with Gasteiger partial charge in [0.1, 0.15) is 5.75 Å². The van der Waals surface area contributed by atoms with Gasteiger partial charge in [0, 0.05) is 11.6 Å². The maximum Gasteiger partial charge on any atom is 0.263 e. The van der Waals surface area contributed by atoms with E-state index in [0.29, 0.717) is 5.75 Å². The van der Waals surface area contributed by atoms with Gasteiger partial charge < -0.3 is 4.74 Å². The Kier molecular flexibility index (Phi) is 4.69. The molecule has 0 radical (unpaired) electrons. The van der Waals surface area contributed by atoms with Crippen LogP contribution in [0.2, 0.25) is 5.02 Å². The molecule has 2 N–H and O–H groups in total. The predicted octanol–water partition coefficient (Wildman–Crippen LogP) is 3.85. The molecule has 25 heavy (non-hydrogen) atoms. The summed E-state index contributed by atoms with van der Waals surface area (Å²) in [5.41, 5.74) is 2.74. The van der Waals surface area contributed by atoms with Gasteiger partial charge in [-0.15, -0.1) is 0 Å². The number of nitrogens with one attached hydrogen (secondary N) is 2. The molecule has 0 fully saturated rings. The highest BCUT2D eigenvalue weighted by molar-refractivity contribution is 7.92. The van der Waals surface area contributed by atoms with Gasteiger partial charge >= 0.3 is 0 Å². The van der Waals surface area contributed by atoms with E-state index in [-0.39, 0.29) is 15.7 Å². The number of ether oxygens (including phenoxy) is 1. The molecule has 1 heterocycles. The summed E-state index contributed by atoms with van der Waals surface area (Å²) in [5.74, 6) is 0.604. The van der Waals surface area contributed by atoms with Crippen molar-refractivity contribution in [2.75, 3.05) is 11.8 Å². The van der Waals surface area contributed by atoms with Crippen LogP contribution in [0.5, 0.6) is 5.75 Å². The van der Waals surface area contributed by atoms with Crippen LogP contribution in [0.15, 0.2) is 53.4 Å². The van der Waals surface area contributed by atoms with E-state index >= 15 is 0 Å². The maximum absolute atomic E-state index is 12.5. The van der Waals surface area contributed by atoms with Crippen LogP contribution in [0, 0.1) is 6.92 Å². The molecular weight excluding hydrogens is 362 g/mol. The van der Waals surface area contributed by atoms with Crippen LogP contribution in [0.1, 0.15) is 5.56 Å². The fourth-order valence-corrected chi connectivity index (χ4v) is 3.74. The highest BCUT2D eigenvalue weighted by atomic mass is 35.5. The third-order valence-corrected chi connectivity index (χ3v) is 5.33. The van der Waals surface area contributed by atoms with Crippen LogP contribution in [-0.2, 0) is 10.0 Å². The lowest BCUT2D eigenvalue weighted by atomic mass is 10.1. The maximum atomic E-state index is 12.5. The molecule has 0 saturated carbocycles. The number of aryl methyl sites for hydroxylation is 1. The van der Waals surface area contributed by atoms with E-state index in [1.165, 1.54) is 25.3 Å². The zero-order valence-corrected chi connectivity index (χ0v) is 15.1. The number of aromatic amines is 1. The lowest BCUT2D eigenvalue weighted by molar-refractivity contribution is 0.414. The quantitative estimate of drug-likeness (QED) is 0.707. The third kappa shape index (κ3) is 3.62. The fraction of sp³-hybridized carbons (Fsp3) is 0.118. The Labute approximate surface area is 150 Å². The number of anilines is 1. The van der Waals surface area contributed by atoms with E-state index in [1.54, 1.807) is 6.07 Å². The average molecular weight is 378 g/mol. The first-order valence-electron chi connectivity index (χ1n) is 7.38. The van der Waals surface area contributed by atoms with Crippen molar-refractivity contribution >= 4 is 27.4 Å². The number of hydrogen-bond donors (Lipinski definition) is 2. The molecule has 0 aliphatic heterocycles. The molecule has 0 atom stereocenters. The van der Waals surface area contributed by atoms with Crippen molar-refractivity contribution in [3.63, 3.8) is 0 Å². The summed E-state index contributed by atoms with van der Waals surface area (Å²) in [6.45, 7) is 1.97. The van der Waals surface area contributed by atoms with Gasteiger partial charge in [0.2, 0.25) is 0 Å². The minimum absolute atomic E-state index is 0.0266. The predicted molar refractivity (Wildman–Crippen MR) is 97.6 cm³/mol. The number of methoxy groups -OCH3 is 1. The van der Waals surface area contributed by atoms with Crippen molar-refractivity contribution in [3.05, 3.63) is 59.1 Å². The first-order chi connectivity index (χ1) is 11.9. The molecular formula is C17H16ClN3O3S. The van der Waals surface area contributed by atoms with Gasteiger partial charge in [-0.05, 0) is 30.7 Å². The molecule has 3 aromatic rings. The zero-order valence-electron chi connectivity index (χ0n) is 13.6. The number of aromatic nitrogens is 2. The van der Waals surface area contributed by atoms with Gasteiger partial charge in [0.05, 0.1) is 22.7 Å². The molecule has 0 spiro atoms. The molecule has 6 nitrogen and oxygen atoms in total. The Morgan fingerprint density at radius 3 is 2.60 bits per heavy atom. The first-order valence-corrected chi connectivity index (χ1v) is 9.24. The summed E-state index contributed by atoms with van der Waals surface area (Å²) in [5, 5.41) is 7.09. The first kappa shape index (κ1) is 17.3. The van der Waals surface area contributed by atoms with Crippen molar-refractivity contribution < 1.29 is 13.2 Å². The standard InChI is InChI=1S/C17H16ClN3O3S/c1-11-5-3-4-6-13(11)15-10-17(20-19-15)21-25(22,23)12-7-8-16(24-2)14(18)9-12/h3-10H,1-2H3,(H2,19,20,21). The van der Waals surface area contributed by atoms with Crippen LogP contribution in [0.25, 0.3) is 11.3 Å². The van der Waals surface area contributed by atoms with Gasteiger partial charge in [0.15, 0.2) is 5.82 Å². The van der Waals surface area contributed by atoms with Gasteiger partial charge in [-0.1, -0.05) is 35.9 Å². The Morgan fingerprint density at radius 1 is 1.16 bits per heavy atom. The molecule has 1 aromatic heterocycles. The minimum atomic E-state index is -3.81. The summed E-state index contributed by atoms with van der Waals surface area (Å²) in [6.07, 6.45) is 0. The van der Waals surface area contributed by atoms with Gasteiger partial charge in [0.25, 0.3) is 10.0 Å². The topological polar surface area (TPSA) is 84.1 Å². The van der Waals surface area contributed by atoms with E-state index in [1.807, 2.05) is 31.2 Å². The molecule has 0 unspecified atom stereocenters. The molecule has 130 valence electrons. The SMILES string of the molecule is COc1ccc(S(=O)(=O)Nc2cc(-c3ccccc3C)[nH]n2)cc1Cl. The number of benzene rings is 2. The second kappa shape index (κ2) is 6.78. The van der Waals surface area contributed by atoms with Crippen molar-refractivity contribution in [3.8, 4) is 17.0 Å². The van der Waals surface area contributed by atoms with Crippen molar-refractivity contribution in [1.29, 1.82) is 0 Å². The van der Waals surface area contributed by atoms with Crippen LogP contribution in [0.4, 0.5) is 5.82 Å². The van der Waals surface area contributed by atoms with E-state index in [4.69, 9.17) is 16.3 Å². The number of nitrogens with zero attached hydrogens (tertiary/aromatic N) is 1. The summed E-state index contributed by atoms with van der Waals surface area (Å²) in [6, 6.07) is 13.6. The van der Waals surface area contributed by atoms with Crippen LogP contribution < -0.4 is 9.46 Å². The number of rotatable bonds is 5. The van der Waals surface area contributed by atoms with Crippen LogP contribution >= 0.6 is 11.6 Å². The van der Waals surface area contributed by atoms with Crippen LogP contribution in [-0.4, -0.2) is 25.7 Å². The van der Waals surface area contributed by atoms with Crippen molar-refractivity contribution in [2.45, 2.75) is 11.8 Å². The largest absolute Gasteiger partial charge is 0.495 e. The smallest absolute Gasteiger partial charge is 0.263 e. The molecule has 8 heteroatoms. The monoisotopic (exact) mass is 377 g/mol. The second-order valence-electron chi connectivity index (χ2n) is 5.38. The van der Waals surface area contributed by atoms with E-state index in [2.05, 4.69) is 14.9 Å². The summed E-state index contributed by atoms with van der Waals surface area (Å²) in [4.78, 5) is 0.0266. The molecule has 0 bridgehead atoms. The van der Waals surface area contributed by atoms with Crippen molar-refractivity contribution in [1.82, 2.24) is 10.2 Å². The van der Waals surface area contributed by atoms with Crippen molar-refractivity contribution in [2.24, 2.45) is 0 Å². The minimum Gasteiger partial charge on any atom is -0.495 e. The Morgan fingerprint density at radius 2 is 1.92 bits per heavy atom. The average Bonchev–Trinajstić information content (AvgIpc) is 3.02. The number of sulfonamides is 1. The lowest BCUT2D eigenvalue weighted by Crippen LogP contribution is -2.13. The normalized spacial score (nSPS) is 11.3. The van der Waals surface area contributed by atoms with Gasteiger partial charge in [-0.3, -0.25) is 9.82 Å². The number of H-pyrrole nitrogens is 1. The second-order valence-corrected chi connectivity index (χ2v) is 7.47. The number of hydrogen-bond acceptors (Lipinski definition) is 4. The molecule has 0 saturated heterocycles. The Bertz CT molecular complexity index is 1020.